The lowest BCUT2D eigenvalue weighted by Gasteiger charge is -2.16. The van der Waals surface area contributed by atoms with Gasteiger partial charge in [0.15, 0.2) is 5.96 Å². The van der Waals surface area contributed by atoms with Gasteiger partial charge in [-0.3, -0.25) is 0 Å². The smallest absolute Gasteiger partial charge is 0.191 e. The van der Waals surface area contributed by atoms with Crippen molar-refractivity contribution < 1.29 is 5.11 Å². The number of aliphatic hydroxyl groups excluding tert-OH is 1. The summed E-state index contributed by atoms with van der Waals surface area (Å²) >= 11 is 6.12. The first-order valence-corrected chi connectivity index (χ1v) is 7.43. The van der Waals surface area contributed by atoms with E-state index in [1.54, 1.807) is 0 Å². The zero-order chi connectivity index (χ0) is 14.4. The van der Waals surface area contributed by atoms with Gasteiger partial charge in [0.2, 0.25) is 0 Å². The van der Waals surface area contributed by atoms with E-state index in [0.717, 1.165) is 42.5 Å². The minimum Gasteiger partial charge on any atom is -0.396 e. The molecule has 0 unspecified atom stereocenters. The molecular formula is C15H22ClN3O. The number of hydrogen-bond acceptors (Lipinski definition) is 2. The third-order valence-corrected chi connectivity index (χ3v) is 4.00. The molecule has 0 aliphatic heterocycles. The highest BCUT2D eigenvalue weighted by molar-refractivity contribution is 6.31. The van der Waals surface area contributed by atoms with Crippen molar-refractivity contribution in [3.8, 4) is 0 Å². The van der Waals surface area contributed by atoms with Crippen LogP contribution < -0.4 is 10.6 Å². The zero-order valence-corrected chi connectivity index (χ0v) is 12.6. The number of aliphatic hydroxyl groups is 1. The summed E-state index contributed by atoms with van der Waals surface area (Å²) in [5.74, 6) is 0.771. The van der Waals surface area contributed by atoms with E-state index in [1.165, 1.54) is 0 Å². The molecule has 0 spiro atoms. The van der Waals surface area contributed by atoms with Crippen LogP contribution in [0.3, 0.4) is 0 Å². The Morgan fingerprint density at radius 3 is 2.70 bits per heavy atom. The van der Waals surface area contributed by atoms with Crippen molar-refractivity contribution in [1.29, 1.82) is 0 Å². The van der Waals surface area contributed by atoms with Crippen LogP contribution >= 0.6 is 11.6 Å². The fraction of sp³-hybridized carbons (Fsp3) is 0.533. The third kappa shape index (κ3) is 4.12. The molecule has 1 aliphatic carbocycles. The summed E-state index contributed by atoms with van der Waals surface area (Å²) in [7, 11) is 0. The fourth-order valence-electron chi connectivity index (χ4n) is 1.97. The summed E-state index contributed by atoms with van der Waals surface area (Å²) < 4.78 is 0. The Bertz CT molecular complexity index is 472. The molecule has 1 aromatic carbocycles. The molecule has 1 aromatic rings. The summed E-state index contributed by atoms with van der Waals surface area (Å²) in [5.41, 5.74) is 1.08. The second kappa shape index (κ2) is 6.95. The van der Waals surface area contributed by atoms with Gasteiger partial charge in [-0.2, -0.15) is 0 Å². The number of benzene rings is 1. The molecule has 0 bridgehead atoms. The fourth-order valence-corrected chi connectivity index (χ4v) is 2.17. The van der Waals surface area contributed by atoms with Gasteiger partial charge >= 0.3 is 0 Å². The highest BCUT2D eigenvalue weighted by Gasteiger charge is 2.41. The van der Waals surface area contributed by atoms with Crippen LogP contribution in [-0.2, 0) is 6.54 Å². The standard InChI is InChI=1S/C15H22ClN3O/c1-2-17-14(19-10-15(11-20)7-8-15)18-9-12-5-3-4-6-13(12)16/h3-6,20H,2,7-11H2,1H3,(H2,17,18,19). The summed E-state index contributed by atoms with van der Waals surface area (Å²) in [4.78, 5) is 4.54. The van der Waals surface area contributed by atoms with Gasteiger partial charge in [-0.25, -0.2) is 4.99 Å². The molecule has 1 fully saturated rings. The first kappa shape index (κ1) is 15.1. The van der Waals surface area contributed by atoms with Crippen LogP contribution in [0.4, 0.5) is 0 Å². The molecule has 0 atom stereocenters. The second-order valence-electron chi connectivity index (χ2n) is 5.30. The molecule has 0 aromatic heterocycles. The predicted molar refractivity (Wildman–Crippen MR) is 83.0 cm³/mol. The maximum absolute atomic E-state index is 9.33. The van der Waals surface area contributed by atoms with Gasteiger partial charge in [0.1, 0.15) is 0 Å². The maximum Gasteiger partial charge on any atom is 0.191 e. The monoisotopic (exact) mass is 295 g/mol. The van der Waals surface area contributed by atoms with E-state index < -0.39 is 0 Å². The van der Waals surface area contributed by atoms with Gasteiger partial charge in [-0.1, -0.05) is 29.8 Å². The average molecular weight is 296 g/mol. The van der Waals surface area contributed by atoms with Crippen molar-refractivity contribution in [1.82, 2.24) is 10.6 Å². The summed E-state index contributed by atoms with van der Waals surface area (Å²) in [5, 5.41) is 16.6. The molecule has 0 saturated heterocycles. The lowest BCUT2D eigenvalue weighted by atomic mass is 10.1. The minimum absolute atomic E-state index is 0.0700. The quantitative estimate of drug-likeness (QED) is 0.557. The average Bonchev–Trinajstić information content (AvgIpc) is 3.24. The molecule has 1 saturated carbocycles. The lowest BCUT2D eigenvalue weighted by molar-refractivity contribution is 0.212. The van der Waals surface area contributed by atoms with Crippen molar-refractivity contribution in [2.24, 2.45) is 10.4 Å². The SMILES string of the molecule is CCNC(=NCc1ccccc1Cl)NCC1(CO)CC1. The zero-order valence-electron chi connectivity index (χ0n) is 11.8. The molecule has 0 radical (unpaired) electrons. The Labute approximate surface area is 125 Å². The lowest BCUT2D eigenvalue weighted by Crippen LogP contribution is -2.41. The van der Waals surface area contributed by atoms with Crippen LogP contribution in [0.1, 0.15) is 25.3 Å². The Hall–Kier alpha value is -1.26. The summed E-state index contributed by atoms with van der Waals surface area (Å²) in [6.45, 7) is 4.38. The number of rotatable bonds is 6. The number of halogens is 1. The van der Waals surface area contributed by atoms with E-state index in [1.807, 2.05) is 31.2 Å². The van der Waals surface area contributed by atoms with Crippen LogP contribution in [-0.4, -0.2) is 30.8 Å². The molecule has 1 aliphatic rings. The van der Waals surface area contributed by atoms with Gasteiger partial charge in [-0.05, 0) is 31.4 Å². The first-order valence-electron chi connectivity index (χ1n) is 7.05. The molecule has 4 nitrogen and oxygen atoms in total. The van der Waals surface area contributed by atoms with E-state index >= 15 is 0 Å². The van der Waals surface area contributed by atoms with Crippen LogP contribution in [0.25, 0.3) is 0 Å². The molecule has 20 heavy (non-hydrogen) atoms. The first-order chi connectivity index (χ1) is 9.69. The van der Waals surface area contributed by atoms with Gasteiger partial charge in [-0.15, -0.1) is 0 Å². The van der Waals surface area contributed by atoms with Crippen molar-refractivity contribution in [2.45, 2.75) is 26.3 Å². The van der Waals surface area contributed by atoms with Gasteiger partial charge < -0.3 is 15.7 Å². The predicted octanol–water partition coefficient (Wildman–Crippen LogP) is 2.17. The van der Waals surface area contributed by atoms with Crippen LogP contribution in [0.15, 0.2) is 29.3 Å². The van der Waals surface area contributed by atoms with E-state index in [4.69, 9.17) is 11.6 Å². The van der Waals surface area contributed by atoms with Crippen LogP contribution in [0, 0.1) is 5.41 Å². The summed E-state index contributed by atoms with van der Waals surface area (Å²) in [6.07, 6.45) is 2.17. The highest BCUT2D eigenvalue weighted by Crippen LogP contribution is 2.44. The number of guanidine groups is 1. The van der Waals surface area contributed by atoms with Crippen molar-refractivity contribution >= 4 is 17.6 Å². The molecule has 3 N–H and O–H groups in total. The Morgan fingerprint density at radius 2 is 2.10 bits per heavy atom. The number of nitrogens with zero attached hydrogens (tertiary/aromatic N) is 1. The molecule has 2 rings (SSSR count). The van der Waals surface area contributed by atoms with Crippen molar-refractivity contribution in [2.75, 3.05) is 19.7 Å². The van der Waals surface area contributed by atoms with E-state index in [0.29, 0.717) is 6.54 Å². The number of aliphatic imine (C=N–C) groups is 1. The van der Waals surface area contributed by atoms with E-state index in [9.17, 15) is 5.11 Å². The molecule has 0 amide bonds. The minimum atomic E-state index is 0.0700. The van der Waals surface area contributed by atoms with E-state index in [-0.39, 0.29) is 12.0 Å². The van der Waals surface area contributed by atoms with Gasteiger partial charge in [0, 0.05) is 23.5 Å². The Kier molecular flexibility index (Phi) is 5.26. The topological polar surface area (TPSA) is 56.7 Å². The molecule has 110 valence electrons. The van der Waals surface area contributed by atoms with E-state index in [2.05, 4.69) is 15.6 Å². The third-order valence-electron chi connectivity index (χ3n) is 3.63. The molecule has 5 heteroatoms. The normalized spacial score (nSPS) is 16.9. The van der Waals surface area contributed by atoms with Gasteiger partial charge in [0.25, 0.3) is 0 Å². The Morgan fingerprint density at radius 1 is 1.35 bits per heavy atom. The van der Waals surface area contributed by atoms with Crippen LogP contribution in [0.2, 0.25) is 5.02 Å². The number of nitrogens with one attached hydrogen (secondary N) is 2. The Balaban J connectivity index is 1.93. The maximum atomic E-state index is 9.33. The largest absolute Gasteiger partial charge is 0.396 e. The highest BCUT2D eigenvalue weighted by atomic mass is 35.5. The molecule has 0 heterocycles. The summed E-state index contributed by atoms with van der Waals surface area (Å²) in [6, 6.07) is 7.72. The van der Waals surface area contributed by atoms with Crippen LogP contribution in [0.5, 0.6) is 0 Å². The number of hydrogen-bond donors (Lipinski definition) is 3. The molecular weight excluding hydrogens is 274 g/mol. The second-order valence-corrected chi connectivity index (χ2v) is 5.71. The van der Waals surface area contributed by atoms with Crippen molar-refractivity contribution in [3.63, 3.8) is 0 Å². The van der Waals surface area contributed by atoms with Crippen molar-refractivity contribution in [3.05, 3.63) is 34.9 Å². The van der Waals surface area contributed by atoms with Gasteiger partial charge in [0.05, 0.1) is 13.2 Å².